The second-order valence-corrected chi connectivity index (χ2v) is 6.10. The number of nitrogen functional groups attached to an aromatic ring is 1. The molecule has 102 valence electrons. The van der Waals surface area contributed by atoms with Gasteiger partial charge in [-0.15, -0.1) is 0 Å². The third-order valence-corrected chi connectivity index (χ3v) is 4.47. The van der Waals surface area contributed by atoms with Crippen molar-refractivity contribution < 1.29 is 8.42 Å². The largest absolute Gasteiger partial charge is 0.399 e. The van der Waals surface area contributed by atoms with E-state index >= 15 is 0 Å². The quantitative estimate of drug-likeness (QED) is 0.730. The third kappa shape index (κ3) is 2.94. The van der Waals surface area contributed by atoms with E-state index in [4.69, 9.17) is 5.73 Å². The normalized spacial score (nSPS) is 11.7. The Bertz CT molecular complexity index is 678. The molecule has 0 bridgehead atoms. The van der Waals surface area contributed by atoms with Gasteiger partial charge in [0, 0.05) is 11.9 Å². The van der Waals surface area contributed by atoms with Crippen LogP contribution in [0.1, 0.15) is 16.8 Å². The minimum absolute atomic E-state index is 0.162. The molecule has 0 saturated carbocycles. The average Bonchev–Trinajstić information content (AvgIpc) is 2.84. The van der Waals surface area contributed by atoms with Crippen LogP contribution in [0.15, 0.2) is 29.3 Å². The third-order valence-electron chi connectivity index (χ3n) is 2.94. The van der Waals surface area contributed by atoms with Crippen LogP contribution in [0.5, 0.6) is 0 Å². The second kappa shape index (κ2) is 5.02. The predicted octanol–water partition coefficient (Wildman–Crippen LogP) is 1.09. The first-order valence-electron chi connectivity index (χ1n) is 5.75. The first-order chi connectivity index (χ1) is 8.90. The summed E-state index contributed by atoms with van der Waals surface area (Å²) in [5.74, 6) is 0. The van der Waals surface area contributed by atoms with Crippen molar-refractivity contribution in [3.63, 3.8) is 0 Å². The molecule has 1 aromatic heterocycles. The van der Waals surface area contributed by atoms with Crippen molar-refractivity contribution in [3.8, 4) is 0 Å². The van der Waals surface area contributed by atoms with Crippen LogP contribution in [0.25, 0.3) is 0 Å². The van der Waals surface area contributed by atoms with Crippen molar-refractivity contribution in [1.29, 1.82) is 0 Å². The topological polar surface area (TPSA) is 101 Å². The van der Waals surface area contributed by atoms with Crippen molar-refractivity contribution >= 4 is 15.7 Å². The SMILES string of the molecule is Cc1cc(N)cc(S(=O)(=O)NCc2ccn[nH]2)c1C. The summed E-state index contributed by atoms with van der Waals surface area (Å²) in [6.07, 6.45) is 1.57. The molecular weight excluding hydrogens is 264 g/mol. The number of aryl methyl sites for hydroxylation is 1. The van der Waals surface area contributed by atoms with Gasteiger partial charge in [-0.3, -0.25) is 5.10 Å². The molecule has 0 spiro atoms. The summed E-state index contributed by atoms with van der Waals surface area (Å²) in [7, 11) is -3.59. The molecule has 7 heteroatoms. The molecule has 0 fully saturated rings. The number of aromatic amines is 1. The molecule has 0 unspecified atom stereocenters. The summed E-state index contributed by atoms with van der Waals surface area (Å²) in [5, 5.41) is 6.46. The summed E-state index contributed by atoms with van der Waals surface area (Å²) in [6, 6.07) is 4.93. The second-order valence-electron chi connectivity index (χ2n) is 4.37. The number of hydrogen-bond donors (Lipinski definition) is 3. The number of sulfonamides is 1. The Morgan fingerprint density at radius 3 is 2.74 bits per heavy atom. The number of benzene rings is 1. The summed E-state index contributed by atoms with van der Waals surface area (Å²) >= 11 is 0. The Balaban J connectivity index is 2.29. The minimum atomic E-state index is -3.59. The van der Waals surface area contributed by atoms with Gasteiger partial charge >= 0.3 is 0 Å². The van der Waals surface area contributed by atoms with E-state index in [9.17, 15) is 8.42 Å². The van der Waals surface area contributed by atoms with Gasteiger partial charge in [0.25, 0.3) is 0 Å². The Kier molecular flexibility index (Phi) is 3.59. The van der Waals surface area contributed by atoms with Crippen LogP contribution >= 0.6 is 0 Å². The highest BCUT2D eigenvalue weighted by Gasteiger charge is 2.18. The Hall–Kier alpha value is -1.86. The summed E-state index contributed by atoms with van der Waals surface area (Å²) in [4.78, 5) is 0.213. The molecule has 0 amide bonds. The van der Waals surface area contributed by atoms with Gasteiger partial charge in [0.2, 0.25) is 10.0 Å². The maximum Gasteiger partial charge on any atom is 0.241 e. The lowest BCUT2D eigenvalue weighted by Gasteiger charge is -2.11. The predicted molar refractivity (Wildman–Crippen MR) is 72.9 cm³/mol. The summed E-state index contributed by atoms with van der Waals surface area (Å²) in [5.41, 5.74) is 8.39. The molecule has 2 aromatic rings. The van der Waals surface area contributed by atoms with E-state index in [2.05, 4.69) is 14.9 Å². The molecule has 6 nitrogen and oxygen atoms in total. The van der Waals surface area contributed by atoms with Crippen molar-refractivity contribution in [1.82, 2.24) is 14.9 Å². The van der Waals surface area contributed by atoms with Crippen LogP contribution in [0.4, 0.5) is 5.69 Å². The Morgan fingerprint density at radius 2 is 2.11 bits per heavy atom. The number of nitrogens with two attached hydrogens (primary N) is 1. The maximum atomic E-state index is 12.3. The zero-order valence-electron chi connectivity index (χ0n) is 10.8. The summed E-state index contributed by atoms with van der Waals surface area (Å²) < 4.78 is 27.0. The van der Waals surface area contributed by atoms with E-state index in [1.807, 2.05) is 6.92 Å². The van der Waals surface area contributed by atoms with Crippen molar-refractivity contribution in [2.24, 2.45) is 0 Å². The number of anilines is 1. The molecule has 1 aromatic carbocycles. The highest BCUT2D eigenvalue weighted by atomic mass is 32.2. The van der Waals surface area contributed by atoms with Gasteiger partial charge in [-0.25, -0.2) is 13.1 Å². The van der Waals surface area contributed by atoms with Crippen LogP contribution in [0, 0.1) is 13.8 Å². The van der Waals surface area contributed by atoms with Crippen LogP contribution in [-0.4, -0.2) is 18.6 Å². The monoisotopic (exact) mass is 280 g/mol. The smallest absolute Gasteiger partial charge is 0.241 e. The molecule has 0 aliphatic heterocycles. The van der Waals surface area contributed by atoms with E-state index in [1.165, 1.54) is 6.07 Å². The zero-order chi connectivity index (χ0) is 14.0. The van der Waals surface area contributed by atoms with Crippen LogP contribution < -0.4 is 10.5 Å². The van der Waals surface area contributed by atoms with E-state index in [0.29, 0.717) is 16.9 Å². The van der Waals surface area contributed by atoms with Crippen LogP contribution in [0.2, 0.25) is 0 Å². The Morgan fingerprint density at radius 1 is 1.37 bits per heavy atom. The van der Waals surface area contributed by atoms with Crippen LogP contribution in [-0.2, 0) is 16.6 Å². The number of nitrogens with zero attached hydrogens (tertiary/aromatic N) is 1. The lowest BCUT2D eigenvalue weighted by atomic mass is 10.1. The van der Waals surface area contributed by atoms with Crippen molar-refractivity contribution in [2.45, 2.75) is 25.3 Å². The Labute approximate surface area is 112 Å². The van der Waals surface area contributed by atoms with Crippen molar-refractivity contribution in [2.75, 3.05) is 5.73 Å². The number of nitrogens with one attached hydrogen (secondary N) is 2. The number of rotatable bonds is 4. The molecule has 0 atom stereocenters. The van der Waals surface area contributed by atoms with Gasteiger partial charge in [0.05, 0.1) is 17.1 Å². The first kappa shape index (κ1) is 13.6. The molecule has 1 heterocycles. The van der Waals surface area contributed by atoms with E-state index in [0.717, 1.165) is 5.56 Å². The van der Waals surface area contributed by atoms with Gasteiger partial charge in [-0.2, -0.15) is 5.10 Å². The number of aromatic nitrogens is 2. The van der Waals surface area contributed by atoms with Crippen LogP contribution in [0.3, 0.4) is 0 Å². The molecule has 0 saturated heterocycles. The first-order valence-corrected chi connectivity index (χ1v) is 7.23. The lowest BCUT2D eigenvalue weighted by Crippen LogP contribution is -2.24. The molecule has 19 heavy (non-hydrogen) atoms. The van der Waals surface area contributed by atoms with E-state index in [1.54, 1.807) is 25.3 Å². The molecular formula is C12H16N4O2S. The molecule has 0 aliphatic rings. The molecule has 4 N–H and O–H groups in total. The minimum Gasteiger partial charge on any atom is -0.399 e. The lowest BCUT2D eigenvalue weighted by molar-refractivity contribution is 0.579. The fourth-order valence-corrected chi connectivity index (χ4v) is 3.12. The number of H-pyrrole nitrogens is 1. The van der Waals surface area contributed by atoms with E-state index < -0.39 is 10.0 Å². The summed E-state index contributed by atoms with van der Waals surface area (Å²) in [6.45, 7) is 3.76. The fraction of sp³-hybridized carbons (Fsp3) is 0.250. The highest BCUT2D eigenvalue weighted by molar-refractivity contribution is 7.89. The zero-order valence-corrected chi connectivity index (χ0v) is 11.6. The standard InChI is InChI=1S/C12H16N4O2S/c1-8-5-10(13)6-12(9(8)2)19(17,18)15-7-11-3-4-14-16-11/h3-6,15H,7,13H2,1-2H3,(H,14,16). The highest BCUT2D eigenvalue weighted by Crippen LogP contribution is 2.22. The number of hydrogen-bond acceptors (Lipinski definition) is 4. The van der Waals surface area contributed by atoms with E-state index in [-0.39, 0.29) is 11.4 Å². The molecule has 0 radical (unpaired) electrons. The van der Waals surface area contributed by atoms with Gasteiger partial charge in [0.1, 0.15) is 0 Å². The molecule has 0 aliphatic carbocycles. The average molecular weight is 280 g/mol. The van der Waals surface area contributed by atoms with Gasteiger partial charge in [-0.05, 0) is 43.2 Å². The maximum absolute atomic E-state index is 12.3. The fourth-order valence-electron chi connectivity index (χ4n) is 1.77. The van der Waals surface area contributed by atoms with Gasteiger partial charge < -0.3 is 5.73 Å². The van der Waals surface area contributed by atoms with Gasteiger partial charge in [-0.1, -0.05) is 0 Å². The van der Waals surface area contributed by atoms with Gasteiger partial charge in [0.15, 0.2) is 0 Å². The molecule has 2 rings (SSSR count). The van der Waals surface area contributed by atoms with Crippen molar-refractivity contribution in [3.05, 3.63) is 41.2 Å².